The lowest BCUT2D eigenvalue weighted by atomic mass is 10.2. The van der Waals surface area contributed by atoms with Gasteiger partial charge in [-0.25, -0.2) is 9.67 Å². The Kier molecular flexibility index (Phi) is 7.80. The Morgan fingerprint density at radius 1 is 1.15 bits per heavy atom. The van der Waals surface area contributed by atoms with Crippen LogP contribution in [0, 0.1) is 0 Å². The smallest absolute Gasteiger partial charge is 0.417 e. The largest absolute Gasteiger partial charge is 0.490 e. The molecule has 0 spiro atoms. The maximum atomic E-state index is 12.8. The summed E-state index contributed by atoms with van der Waals surface area (Å²) in [6.45, 7) is 3.76. The molecule has 0 radical (unpaired) electrons. The Balaban J connectivity index is 1.67. The van der Waals surface area contributed by atoms with Gasteiger partial charge in [-0.05, 0) is 44.0 Å². The molecule has 0 aliphatic carbocycles. The van der Waals surface area contributed by atoms with Crippen LogP contribution >= 0.6 is 11.6 Å². The molecule has 1 aromatic carbocycles. The van der Waals surface area contributed by atoms with Crippen molar-refractivity contribution in [1.82, 2.24) is 14.8 Å². The van der Waals surface area contributed by atoms with Gasteiger partial charge in [-0.15, -0.1) is 5.10 Å². The third-order valence-corrected chi connectivity index (χ3v) is 4.58. The number of aryl methyl sites for hydroxylation is 1. The van der Waals surface area contributed by atoms with E-state index in [-0.39, 0.29) is 11.6 Å². The predicted octanol–water partition coefficient (Wildman–Crippen LogP) is 5.28. The Hall–Kier alpha value is -3.27. The van der Waals surface area contributed by atoms with E-state index in [2.05, 4.69) is 10.1 Å². The van der Waals surface area contributed by atoms with Gasteiger partial charge in [0.15, 0.2) is 17.3 Å². The maximum absolute atomic E-state index is 12.8. The first-order valence-corrected chi connectivity index (χ1v) is 10.4. The SMILES string of the molecule is CCOc1nn(-c2ccc(C(F)(F)F)cn2)cc1CCCOc1ccc(Cl)cc1OC(C)=O. The van der Waals surface area contributed by atoms with E-state index >= 15 is 0 Å². The summed E-state index contributed by atoms with van der Waals surface area (Å²) in [5, 5.41) is 4.70. The van der Waals surface area contributed by atoms with E-state index in [1.165, 1.54) is 23.7 Å². The molecular formula is C22H21ClF3N3O4. The number of hydrogen-bond donors (Lipinski definition) is 0. The number of nitrogens with zero attached hydrogens (tertiary/aromatic N) is 3. The molecule has 3 rings (SSSR count). The molecule has 0 bridgehead atoms. The second-order valence-electron chi connectivity index (χ2n) is 6.88. The molecule has 0 saturated heterocycles. The highest BCUT2D eigenvalue weighted by Crippen LogP contribution is 2.31. The lowest BCUT2D eigenvalue weighted by molar-refractivity contribution is -0.138. The van der Waals surface area contributed by atoms with Crippen LogP contribution < -0.4 is 14.2 Å². The van der Waals surface area contributed by atoms with Crippen molar-refractivity contribution in [2.75, 3.05) is 13.2 Å². The minimum Gasteiger partial charge on any atom is -0.490 e. The maximum Gasteiger partial charge on any atom is 0.417 e. The lowest BCUT2D eigenvalue weighted by Crippen LogP contribution is -2.07. The summed E-state index contributed by atoms with van der Waals surface area (Å²) in [5.41, 5.74) is -0.0883. The molecule has 0 aliphatic rings. The molecule has 0 fully saturated rings. The first-order valence-electron chi connectivity index (χ1n) is 10.0. The fraction of sp³-hybridized carbons (Fsp3) is 0.318. The summed E-state index contributed by atoms with van der Waals surface area (Å²) in [6, 6.07) is 6.92. The molecule has 0 amide bonds. The summed E-state index contributed by atoms with van der Waals surface area (Å²) in [4.78, 5) is 15.1. The number of carbonyl (C=O) groups is 1. The number of aromatic nitrogens is 3. The average molecular weight is 484 g/mol. The van der Waals surface area contributed by atoms with Crippen LogP contribution in [-0.2, 0) is 17.4 Å². The molecule has 0 saturated carbocycles. The third-order valence-electron chi connectivity index (χ3n) is 4.35. The van der Waals surface area contributed by atoms with Gasteiger partial charge in [0.1, 0.15) is 0 Å². The van der Waals surface area contributed by atoms with Gasteiger partial charge in [-0.1, -0.05) is 11.6 Å². The number of rotatable bonds is 9. The van der Waals surface area contributed by atoms with E-state index in [1.807, 2.05) is 0 Å². The van der Waals surface area contributed by atoms with Crippen molar-refractivity contribution in [3.8, 4) is 23.2 Å². The molecule has 0 atom stereocenters. The molecule has 176 valence electrons. The van der Waals surface area contributed by atoms with Gasteiger partial charge in [0.25, 0.3) is 0 Å². The van der Waals surface area contributed by atoms with Crippen molar-refractivity contribution >= 4 is 17.6 Å². The van der Waals surface area contributed by atoms with Crippen molar-refractivity contribution in [2.24, 2.45) is 0 Å². The summed E-state index contributed by atoms with van der Waals surface area (Å²) in [7, 11) is 0. The molecule has 33 heavy (non-hydrogen) atoms. The zero-order valence-electron chi connectivity index (χ0n) is 17.9. The highest BCUT2D eigenvalue weighted by Gasteiger charge is 2.30. The number of hydrogen-bond acceptors (Lipinski definition) is 6. The number of esters is 1. The van der Waals surface area contributed by atoms with Crippen LogP contribution in [0.15, 0.2) is 42.7 Å². The zero-order valence-corrected chi connectivity index (χ0v) is 18.6. The number of alkyl halides is 3. The quantitative estimate of drug-likeness (QED) is 0.234. The second kappa shape index (κ2) is 10.6. The van der Waals surface area contributed by atoms with Gasteiger partial charge in [0.2, 0.25) is 5.88 Å². The van der Waals surface area contributed by atoms with Crippen LogP contribution in [0.25, 0.3) is 5.82 Å². The van der Waals surface area contributed by atoms with Gasteiger partial charge < -0.3 is 14.2 Å². The highest BCUT2D eigenvalue weighted by atomic mass is 35.5. The number of carbonyl (C=O) groups excluding carboxylic acids is 1. The number of ether oxygens (including phenoxy) is 3. The standard InChI is InChI=1S/C22H21ClF3N3O4/c1-3-31-21-15(13-29(28-21)20-9-6-16(12-27-20)22(24,25)26)5-4-10-32-18-8-7-17(23)11-19(18)33-14(2)30/h6-9,11-13H,3-5,10H2,1-2H3. The van der Waals surface area contributed by atoms with E-state index in [0.717, 1.165) is 17.8 Å². The number of benzene rings is 1. The summed E-state index contributed by atoms with van der Waals surface area (Å²) in [5.74, 6) is 0.716. The van der Waals surface area contributed by atoms with Crippen molar-refractivity contribution < 1.29 is 32.2 Å². The van der Waals surface area contributed by atoms with E-state index < -0.39 is 17.7 Å². The van der Waals surface area contributed by atoms with Crippen LogP contribution in [0.4, 0.5) is 13.2 Å². The Morgan fingerprint density at radius 2 is 1.94 bits per heavy atom. The molecule has 0 unspecified atom stereocenters. The molecule has 2 heterocycles. The molecule has 0 N–H and O–H groups in total. The highest BCUT2D eigenvalue weighted by molar-refractivity contribution is 6.30. The van der Waals surface area contributed by atoms with Crippen molar-refractivity contribution in [3.63, 3.8) is 0 Å². The Bertz CT molecular complexity index is 1100. The van der Waals surface area contributed by atoms with Crippen LogP contribution in [0.3, 0.4) is 0 Å². The van der Waals surface area contributed by atoms with Crippen LogP contribution in [0.1, 0.15) is 31.4 Å². The van der Waals surface area contributed by atoms with Crippen molar-refractivity contribution in [2.45, 2.75) is 32.9 Å². The summed E-state index contributed by atoms with van der Waals surface area (Å²) in [6.07, 6.45) is -0.956. The first-order chi connectivity index (χ1) is 15.7. The molecule has 11 heteroatoms. The monoisotopic (exact) mass is 483 g/mol. The van der Waals surface area contributed by atoms with Crippen molar-refractivity contribution in [1.29, 1.82) is 0 Å². The number of pyridine rings is 1. The van der Waals surface area contributed by atoms with E-state index in [0.29, 0.717) is 42.7 Å². The summed E-state index contributed by atoms with van der Waals surface area (Å²) >= 11 is 5.94. The normalized spacial score (nSPS) is 11.3. The van der Waals surface area contributed by atoms with Gasteiger partial charge in [0.05, 0.1) is 18.8 Å². The third kappa shape index (κ3) is 6.61. The van der Waals surface area contributed by atoms with Crippen LogP contribution in [-0.4, -0.2) is 33.9 Å². The minimum atomic E-state index is -4.46. The van der Waals surface area contributed by atoms with E-state index in [9.17, 15) is 18.0 Å². The first kappa shape index (κ1) is 24.4. The predicted molar refractivity (Wildman–Crippen MR) is 114 cm³/mol. The molecule has 0 aliphatic heterocycles. The number of halogens is 4. The van der Waals surface area contributed by atoms with Gasteiger partial charge in [-0.2, -0.15) is 13.2 Å². The minimum absolute atomic E-state index is 0.228. The Labute approximate surface area is 193 Å². The lowest BCUT2D eigenvalue weighted by Gasteiger charge is -2.11. The van der Waals surface area contributed by atoms with Gasteiger partial charge in [-0.3, -0.25) is 4.79 Å². The average Bonchev–Trinajstić information content (AvgIpc) is 3.14. The molecular weight excluding hydrogens is 463 g/mol. The van der Waals surface area contributed by atoms with Gasteiger partial charge >= 0.3 is 12.1 Å². The van der Waals surface area contributed by atoms with Gasteiger partial charge in [0, 0.05) is 36.0 Å². The van der Waals surface area contributed by atoms with E-state index in [1.54, 1.807) is 25.3 Å². The topological polar surface area (TPSA) is 75.5 Å². The van der Waals surface area contributed by atoms with E-state index in [4.69, 9.17) is 25.8 Å². The molecule has 7 nitrogen and oxygen atoms in total. The zero-order chi connectivity index (χ0) is 24.0. The second-order valence-corrected chi connectivity index (χ2v) is 7.31. The summed E-state index contributed by atoms with van der Waals surface area (Å²) < 4.78 is 56.1. The van der Waals surface area contributed by atoms with Crippen molar-refractivity contribution in [3.05, 3.63) is 58.9 Å². The fourth-order valence-electron chi connectivity index (χ4n) is 2.91. The Morgan fingerprint density at radius 3 is 2.58 bits per heavy atom. The van der Waals surface area contributed by atoms with Crippen LogP contribution in [0.2, 0.25) is 5.02 Å². The molecule has 3 aromatic rings. The fourth-order valence-corrected chi connectivity index (χ4v) is 3.07. The van der Waals surface area contributed by atoms with Crippen LogP contribution in [0.5, 0.6) is 17.4 Å². The molecule has 2 aromatic heterocycles.